The fourth-order valence-corrected chi connectivity index (χ4v) is 0.902. The minimum absolute atomic E-state index is 0. The summed E-state index contributed by atoms with van der Waals surface area (Å²) in [5.74, 6) is 0. The number of aliphatic hydroxyl groups is 1. The maximum absolute atomic E-state index is 8.65. The molecule has 0 radical (unpaired) electrons. The number of hydrogen-bond acceptors (Lipinski definition) is 2. The molecule has 0 bridgehead atoms. The Kier molecular flexibility index (Phi) is 8.56. The highest BCUT2D eigenvalue weighted by molar-refractivity contribution is 4.37. The summed E-state index contributed by atoms with van der Waals surface area (Å²) in [6.45, 7) is 2.88. The summed E-state index contributed by atoms with van der Waals surface area (Å²) >= 11 is 0. The monoisotopic (exact) mass is 182 g/mol. The molecule has 0 aliphatic rings. The molecule has 3 nitrogen and oxygen atoms in total. The molecule has 0 aromatic rings. The summed E-state index contributed by atoms with van der Waals surface area (Å²) in [6.07, 6.45) is 1.03. The molecule has 3 N–H and O–H groups in total. The van der Waals surface area contributed by atoms with Gasteiger partial charge in [-0.3, -0.25) is 0 Å². The number of likely N-dealkylation sites (N-methyl/N-ethyl adjacent to an activating group) is 1. The summed E-state index contributed by atoms with van der Waals surface area (Å²) in [4.78, 5) is 0. The van der Waals surface area contributed by atoms with Crippen molar-refractivity contribution < 1.29 is 22.0 Å². The zero-order valence-corrected chi connectivity index (χ0v) is 8.14. The van der Waals surface area contributed by atoms with Crippen molar-refractivity contribution in [1.82, 2.24) is 0 Å². The van der Waals surface area contributed by atoms with E-state index < -0.39 is 0 Å². The molecule has 0 aliphatic carbocycles. The maximum Gasteiger partial charge on any atom is 0.102 e. The Balaban J connectivity index is 0. The predicted molar refractivity (Wildman–Crippen MR) is 42.6 cm³/mol. The van der Waals surface area contributed by atoms with Crippen LogP contribution in [0.15, 0.2) is 0 Å². The molecule has 0 spiro atoms. The molecule has 0 aromatic heterocycles. The zero-order valence-electron chi connectivity index (χ0n) is 7.39. The molecule has 0 fully saturated rings. The molecule has 0 unspecified atom stereocenters. The first kappa shape index (κ1) is 13.7. The zero-order chi connectivity index (χ0) is 8.04. The second kappa shape index (κ2) is 6.85. The summed E-state index contributed by atoms with van der Waals surface area (Å²) in [5, 5.41) is 8.65. The quantitative estimate of drug-likeness (QED) is 0.432. The molecular weight excluding hydrogens is 164 g/mol. The van der Waals surface area contributed by atoms with Gasteiger partial charge in [0, 0.05) is 6.42 Å². The predicted octanol–water partition coefficient (Wildman–Crippen LogP) is -3.59. The molecule has 0 rings (SSSR count). The van der Waals surface area contributed by atoms with E-state index in [1.54, 1.807) is 0 Å². The van der Waals surface area contributed by atoms with Crippen LogP contribution < -0.4 is 18.1 Å². The van der Waals surface area contributed by atoms with E-state index in [1.165, 1.54) is 0 Å². The van der Waals surface area contributed by atoms with Crippen LogP contribution in [0.25, 0.3) is 0 Å². The number of nitrogens with two attached hydrogens (primary N) is 1. The Labute approximate surface area is 75.2 Å². The SMILES string of the molecule is C[N+](C)(CCO)CCCN.[Cl-]. The summed E-state index contributed by atoms with van der Waals surface area (Å²) in [5.41, 5.74) is 5.36. The highest BCUT2D eigenvalue weighted by atomic mass is 35.5. The molecule has 0 saturated heterocycles. The van der Waals surface area contributed by atoms with E-state index in [9.17, 15) is 0 Å². The average molecular weight is 183 g/mol. The van der Waals surface area contributed by atoms with Crippen LogP contribution in [0.3, 0.4) is 0 Å². The van der Waals surface area contributed by atoms with Crippen molar-refractivity contribution in [2.45, 2.75) is 6.42 Å². The van der Waals surface area contributed by atoms with E-state index in [0.29, 0.717) is 0 Å². The molecule has 0 atom stereocenters. The lowest BCUT2D eigenvalue weighted by atomic mass is 10.3. The molecule has 0 aromatic carbocycles. The Morgan fingerprint density at radius 1 is 1.27 bits per heavy atom. The molecule has 0 aliphatic heterocycles. The van der Waals surface area contributed by atoms with E-state index >= 15 is 0 Å². The van der Waals surface area contributed by atoms with Gasteiger partial charge in [0.1, 0.15) is 6.54 Å². The van der Waals surface area contributed by atoms with Gasteiger partial charge in [0.05, 0.1) is 27.2 Å². The second-order valence-corrected chi connectivity index (χ2v) is 3.25. The van der Waals surface area contributed by atoms with Crippen LogP contribution in [0.4, 0.5) is 0 Å². The first-order valence-electron chi connectivity index (χ1n) is 3.75. The number of hydrogen-bond donors (Lipinski definition) is 2. The van der Waals surface area contributed by atoms with E-state index in [-0.39, 0.29) is 19.0 Å². The van der Waals surface area contributed by atoms with Gasteiger partial charge in [-0.1, -0.05) is 0 Å². The molecule has 11 heavy (non-hydrogen) atoms. The third-order valence-corrected chi connectivity index (χ3v) is 1.67. The molecule has 0 saturated carbocycles. The highest BCUT2D eigenvalue weighted by Crippen LogP contribution is 1.96. The highest BCUT2D eigenvalue weighted by Gasteiger charge is 2.11. The Morgan fingerprint density at radius 2 is 1.82 bits per heavy atom. The topological polar surface area (TPSA) is 46.2 Å². The number of halogens is 1. The van der Waals surface area contributed by atoms with Crippen molar-refractivity contribution in [3.05, 3.63) is 0 Å². The van der Waals surface area contributed by atoms with Crippen LogP contribution in [0.5, 0.6) is 0 Å². The van der Waals surface area contributed by atoms with Crippen LogP contribution in [-0.2, 0) is 0 Å². The lowest BCUT2D eigenvalue weighted by Gasteiger charge is -2.28. The average Bonchev–Trinajstić information content (AvgIpc) is 1.84. The van der Waals surface area contributed by atoms with Gasteiger partial charge in [0.25, 0.3) is 0 Å². The van der Waals surface area contributed by atoms with Crippen molar-refractivity contribution in [2.24, 2.45) is 5.73 Å². The van der Waals surface area contributed by atoms with Crippen LogP contribution in [0.2, 0.25) is 0 Å². The Hall–Kier alpha value is 0.170. The van der Waals surface area contributed by atoms with Crippen molar-refractivity contribution in [1.29, 1.82) is 0 Å². The van der Waals surface area contributed by atoms with Gasteiger partial charge >= 0.3 is 0 Å². The van der Waals surface area contributed by atoms with E-state index in [4.69, 9.17) is 10.8 Å². The molecule has 70 valence electrons. The van der Waals surface area contributed by atoms with Crippen LogP contribution in [0, 0.1) is 0 Å². The normalized spacial score (nSPS) is 10.9. The first-order chi connectivity index (χ1) is 4.62. The molecule has 0 amide bonds. The van der Waals surface area contributed by atoms with E-state index in [0.717, 1.165) is 30.5 Å². The third kappa shape index (κ3) is 8.07. The largest absolute Gasteiger partial charge is 1.00 e. The fraction of sp³-hybridized carbons (Fsp3) is 1.00. The van der Waals surface area contributed by atoms with Gasteiger partial charge in [-0.15, -0.1) is 0 Å². The second-order valence-electron chi connectivity index (χ2n) is 3.25. The van der Waals surface area contributed by atoms with Crippen LogP contribution in [-0.4, -0.2) is 49.9 Å². The van der Waals surface area contributed by atoms with Gasteiger partial charge in [-0.2, -0.15) is 0 Å². The van der Waals surface area contributed by atoms with Crippen molar-refractivity contribution in [3.63, 3.8) is 0 Å². The molecular formula is C7H19ClN2O. The lowest BCUT2D eigenvalue weighted by Crippen LogP contribution is -3.00. The van der Waals surface area contributed by atoms with Gasteiger partial charge in [0.15, 0.2) is 0 Å². The van der Waals surface area contributed by atoms with Gasteiger partial charge in [-0.05, 0) is 6.54 Å². The van der Waals surface area contributed by atoms with Crippen molar-refractivity contribution in [3.8, 4) is 0 Å². The van der Waals surface area contributed by atoms with E-state index in [1.807, 2.05) is 0 Å². The standard InChI is InChI=1S/C7H19N2O.ClH/c1-9(2,6-7-10)5-3-4-8;/h10H,3-8H2,1-2H3;1H/q+1;/p-1. The Morgan fingerprint density at radius 3 is 2.18 bits per heavy atom. The van der Waals surface area contributed by atoms with Crippen molar-refractivity contribution in [2.75, 3.05) is 40.3 Å². The molecule has 4 heteroatoms. The number of aliphatic hydroxyl groups excluding tert-OH is 1. The third-order valence-electron chi connectivity index (χ3n) is 1.67. The summed E-state index contributed by atoms with van der Waals surface area (Å²) in [6, 6.07) is 0. The summed E-state index contributed by atoms with van der Waals surface area (Å²) in [7, 11) is 4.21. The van der Waals surface area contributed by atoms with Crippen LogP contribution >= 0.6 is 0 Å². The maximum atomic E-state index is 8.65. The number of quaternary nitrogens is 1. The fourth-order valence-electron chi connectivity index (χ4n) is 0.902. The van der Waals surface area contributed by atoms with Gasteiger partial charge < -0.3 is 27.7 Å². The minimum Gasteiger partial charge on any atom is -1.00 e. The first-order valence-corrected chi connectivity index (χ1v) is 3.75. The van der Waals surface area contributed by atoms with E-state index in [2.05, 4.69) is 14.1 Å². The lowest BCUT2D eigenvalue weighted by molar-refractivity contribution is -0.890. The number of nitrogens with zero attached hydrogens (tertiary/aromatic N) is 1. The van der Waals surface area contributed by atoms with Crippen LogP contribution in [0.1, 0.15) is 6.42 Å². The Bertz CT molecular complexity index is 88.5. The minimum atomic E-state index is 0. The van der Waals surface area contributed by atoms with Crippen molar-refractivity contribution >= 4 is 0 Å². The smallest absolute Gasteiger partial charge is 0.102 e. The van der Waals surface area contributed by atoms with Gasteiger partial charge in [-0.25, -0.2) is 0 Å². The number of rotatable bonds is 5. The summed E-state index contributed by atoms with van der Waals surface area (Å²) < 4.78 is 0.869. The molecule has 0 heterocycles. The van der Waals surface area contributed by atoms with Gasteiger partial charge in [0.2, 0.25) is 0 Å².